The van der Waals surface area contributed by atoms with E-state index >= 15 is 0 Å². The molecular weight excluding hydrogens is 265 g/mol. The highest BCUT2D eigenvalue weighted by Gasteiger charge is 2.18. The van der Waals surface area contributed by atoms with Crippen molar-refractivity contribution in [1.29, 1.82) is 0 Å². The van der Waals surface area contributed by atoms with Gasteiger partial charge in [0.25, 0.3) is 0 Å². The Bertz CT molecular complexity index is 639. The van der Waals surface area contributed by atoms with Crippen LogP contribution in [0.2, 0.25) is 0 Å². The largest absolute Gasteiger partial charge is 0.389 e. The average Bonchev–Trinajstić information content (AvgIpc) is 2.85. The summed E-state index contributed by atoms with van der Waals surface area (Å²) in [6, 6.07) is 4.90. The molecule has 2 aromatic rings. The number of hydrogen-bond acceptors (Lipinski definition) is 4. The maximum atomic E-state index is 13.9. The SMILES string of the molecule is NC(=S)c1ccc(N2CCn3cnnc3C2)cc1F. The highest BCUT2D eigenvalue weighted by molar-refractivity contribution is 7.80. The molecule has 3 rings (SSSR count). The molecule has 2 heterocycles. The topological polar surface area (TPSA) is 60.0 Å². The Kier molecular flexibility index (Phi) is 2.90. The maximum Gasteiger partial charge on any atom is 0.152 e. The molecule has 0 saturated heterocycles. The van der Waals surface area contributed by atoms with Crippen LogP contribution in [0.5, 0.6) is 0 Å². The average molecular weight is 277 g/mol. The number of anilines is 1. The van der Waals surface area contributed by atoms with Gasteiger partial charge >= 0.3 is 0 Å². The molecule has 7 heteroatoms. The molecule has 0 fully saturated rings. The van der Waals surface area contributed by atoms with E-state index in [9.17, 15) is 4.39 Å². The molecule has 0 saturated carbocycles. The predicted molar refractivity (Wildman–Crippen MR) is 73.4 cm³/mol. The molecule has 5 nitrogen and oxygen atoms in total. The minimum absolute atomic E-state index is 0.0717. The van der Waals surface area contributed by atoms with Crippen LogP contribution >= 0.6 is 12.2 Å². The van der Waals surface area contributed by atoms with Crippen LogP contribution < -0.4 is 10.6 Å². The minimum Gasteiger partial charge on any atom is -0.389 e. The Balaban J connectivity index is 1.88. The van der Waals surface area contributed by atoms with Crippen LogP contribution in [0, 0.1) is 5.82 Å². The lowest BCUT2D eigenvalue weighted by Gasteiger charge is -2.29. The van der Waals surface area contributed by atoms with Crippen LogP contribution in [-0.4, -0.2) is 26.3 Å². The van der Waals surface area contributed by atoms with E-state index in [0.717, 1.165) is 24.6 Å². The van der Waals surface area contributed by atoms with Crippen LogP contribution in [0.4, 0.5) is 10.1 Å². The number of thiocarbonyl (C=S) groups is 1. The molecule has 0 spiro atoms. The Hall–Kier alpha value is -2.02. The summed E-state index contributed by atoms with van der Waals surface area (Å²) in [7, 11) is 0. The zero-order valence-electron chi connectivity index (χ0n) is 10.1. The summed E-state index contributed by atoms with van der Waals surface area (Å²) >= 11 is 4.79. The van der Waals surface area contributed by atoms with Gasteiger partial charge in [0.1, 0.15) is 17.1 Å². The summed E-state index contributed by atoms with van der Waals surface area (Å²) in [5.74, 6) is 0.488. The van der Waals surface area contributed by atoms with Gasteiger partial charge in [0.15, 0.2) is 5.82 Å². The van der Waals surface area contributed by atoms with Crippen molar-refractivity contribution in [3.8, 4) is 0 Å². The van der Waals surface area contributed by atoms with Gasteiger partial charge in [-0.2, -0.15) is 0 Å². The van der Waals surface area contributed by atoms with E-state index < -0.39 is 5.82 Å². The Morgan fingerprint density at radius 1 is 1.37 bits per heavy atom. The first-order valence-corrected chi connectivity index (χ1v) is 6.27. The highest BCUT2D eigenvalue weighted by atomic mass is 32.1. The second-order valence-corrected chi connectivity index (χ2v) is 4.83. The van der Waals surface area contributed by atoms with Crippen molar-refractivity contribution in [2.75, 3.05) is 11.4 Å². The summed E-state index contributed by atoms with van der Waals surface area (Å²) in [6.07, 6.45) is 1.71. The van der Waals surface area contributed by atoms with Gasteiger partial charge in [-0.05, 0) is 18.2 Å². The van der Waals surface area contributed by atoms with Crippen LogP contribution in [0.15, 0.2) is 24.5 Å². The van der Waals surface area contributed by atoms with E-state index in [1.807, 2.05) is 10.6 Å². The van der Waals surface area contributed by atoms with Crippen molar-refractivity contribution in [3.63, 3.8) is 0 Å². The van der Waals surface area contributed by atoms with Crippen LogP contribution in [0.3, 0.4) is 0 Å². The van der Waals surface area contributed by atoms with E-state index in [0.29, 0.717) is 6.54 Å². The summed E-state index contributed by atoms with van der Waals surface area (Å²) in [5.41, 5.74) is 6.52. The number of fused-ring (bicyclic) bond motifs is 1. The quantitative estimate of drug-likeness (QED) is 0.832. The molecule has 0 unspecified atom stereocenters. The van der Waals surface area contributed by atoms with E-state index in [2.05, 4.69) is 15.1 Å². The monoisotopic (exact) mass is 277 g/mol. The second-order valence-electron chi connectivity index (χ2n) is 4.39. The van der Waals surface area contributed by atoms with Crippen molar-refractivity contribution >= 4 is 22.9 Å². The van der Waals surface area contributed by atoms with Crippen LogP contribution in [0.1, 0.15) is 11.4 Å². The first-order valence-electron chi connectivity index (χ1n) is 5.86. The molecule has 0 radical (unpaired) electrons. The first-order chi connectivity index (χ1) is 9.15. The Morgan fingerprint density at radius 3 is 2.95 bits per heavy atom. The molecule has 0 atom stereocenters. The van der Waals surface area contributed by atoms with Gasteiger partial charge in [-0.3, -0.25) is 0 Å². The minimum atomic E-state index is -0.392. The third-order valence-corrected chi connectivity index (χ3v) is 3.44. The van der Waals surface area contributed by atoms with E-state index in [-0.39, 0.29) is 10.6 Å². The van der Waals surface area contributed by atoms with Gasteiger partial charge in [0.05, 0.1) is 6.54 Å². The number of hydrogen-bond donors (Lipinski definition) is 1. The Morgan fingerprint density at radius 2 is 2.21 bits per heavy atom. The summed E-state index contributed by atoms with van der Waals surface area (Å²) < 4.78 is 15.9. The lowest BCUT2D eigenvalue weighted by Crippen LogP contribution is -2.33. The van der Waals surface area contributed by atoms with Crippen LogP contribution in [-0.2, 0) is 13.1 Å². The molecule has 1 aromatic carbocycles. The maximum absolute atomic E-state index is 13.9. The standard InChI is InChI=1S/C12H12FN5S/c13-10-5-8(1-2-9(10)12(14)19)17-3-4-18-7-15-16-11(18)6-17/h1-2,5,7H,3-4,6H2,(H2,14,19). The number of nitrogens with two attached hydrogens (primary N) is 1. The van der Waals surface area contributed by atoms with Crippen molar-refractivity contribution in [2.45, 2.75) is 13.1 Å². The smallest absolute Gasteiger partial charge is 0.152 e. The zero-order valence-corrected chi connectivity index (χ0v) is 10.9. The van der Waals surface area contributed by atoms with Crippen molar-refractivity contribution in [3.05, 3.63) is 41.7 Å². The fourth-order valence-electron chi connectivity index (χ4n) is 2.19. The van der Waals surface area contributed by atoms with Gasteiger partial charge in [0.2, 0.25) is 0 Å². The Labute approximate surface area is 114 Å². The molecule has 0 amide bonds. The molecule has 0 bridgehead atoms. The van der Waals surface area contributed by atoms with E-state index in [4.69, 9.17) is 18.0 Å². The second kappa shape index (κ2) is 4.58. The van der Waals surface area contributed by atoms with Gasteiger partial charge in [-0.25, -0.2) is 4.39 Å². The predicted octanol–water partition coefficient (Wildman–Crippen LogP) is 1.07. The van der Waals surface area contributed by atoms with Gasteiger partial charge in [0, 0.05) is 24.3 Å². The van der Waals surface area contributed by atoms with E-state index in [1.54, 1.807) is 12.4 Å². The number of halogens is 1. The van der Waals surface area contributed by atoms with Crippen molar-refractivity contribution < 1.29 is 4.39 Å². The molecule has 2 N–H and O–H groups in total. The highest BCUT2D eigenvalue weighted by Crippen LogP contribution is 2.22. The summed E-state index contributed by atoms with van der Waals surface area (Å²) in [4.78, 5) is 2.12. The van der Waals surface area contributed by atoms with Gasteiger partial charge in [-0.1, -0.05) is 12.2 Å². The third kappa shape index (κ3) is 2.17. The lowest BCUT2D eigenvalue weighted by molar-refractivity contribution is 0.557. The molecule has 0 aliphatic carbocycles. The fraction of sp³-hybridized carbons (Fsp3) is 0.250. The third-order valence-electron chi connectivity index (χ3n) is 3.22. The fourth-order valence-corrected chi connectivity index (χ4v) is 2.35. The van der Waals surface area contributed by atoms with Crippen molar-refractivity contribution in [1.82, 2.24) is 14.8 Å². The molecule has 1 aromatic heterocycles. The number of aromatic nitrogens is 3. The van der Waals surface area contributed by atoms with Gasteiger partial charge < -0.3 is 15.2 Å². The summed E-state index contributed by atoms with van der Waals surface area (Å²) in [6.45, 7) is 2.20. The molecule has 1 aliphatic heterocycles. The van der Waals surface area contributed by atoms with Gasteiger partial charge in [-0.15, -0.1) is 10.2 Å². The molecule has 1 aliphatic rings. The zero-order chi connectivity index (χ0) is 13.4. The molecular formula is C12H12FN5S. The summed E-state index contributed by atoms with van der Waals surface area (Å²) in [5, 5.41) is 7.90. The number of nitrogens with zero attached hydrogens (tertiary/aromatic N) is 4. The van der Waals surface area contributed by atoms with E-state index in [1.165, 1.54) is 6.07 Å². The first kappa shape index (κ1) is 12.0. The lowest BCUT2D eigenvalue weighted by atomic mass is 10.1. The normalized spacial score (nSPS) is 14.3. The van der Waals surface area contributed by atoms with Crippen molar-refractivity contribution in [2.24, 2.45) is 5.73 Å². The molecule has 98 valence electrons. The molecule has 19 heavy (non-hydrogen) atoms. The number of benzene rings is 1. The van der Waals surface area contributed by atoms with Crippen LogP contribution in [0.25, 0.3) is 0 Å². The number of rotatable bonds is 2.